The predicted octanol–water partition coefficient (Wildman–Crippen LogP) is 2.21. The fraction of sp³-hybridized carbons (Fsp3) is 0.235. The van der Waals surface area contributed by atoms with Crippen LogP contribution in [0, 0.1) is 0 Å². The van der Waals surface area contributed by atoms with Gasteiger partial charge >= 0.3 is 0 Å². The van der Waals surface area contributed by atoms with Crippen LogP contribution in [0.15, 0.2) is 42.5 Å². The lowest BCUT2D eigenvalue weighted by Crippen LogP contribution is -2.25. The van der Waals surface area contributed by atoms with Gasteiger partial charge in [-0.1, -0.05) is 6.07 Å². The maximum Gasteiger partial charge on any atom is 0.255 e. The summed E-state index contributed by atoms with van der Waals surface area (Å²) in [5.41, 5.74) is 1.52. The molecular weight excluding hydrogens is 344 g/mol. The predicted molar refractivity (Wildman–Crippen MR) is 92.7 cm³/mol. The first-order chi connectivity index (χ1) is 12.0. The molecule has 2 aliphatic rings. The molecular formula is C17H16N2O5S. The molecule has 0 radical (unpaired) electrons. The van der Waals surface area contributed by atoms with Crippen LogP contribution < -0.4 is 19.1 Å². The first-order valence-corrected chi connectivity index (χ1v) is 9.45. The molecule has 2 aromatic carbocycles. The van der Waals surface area contributed by atoms with Gasteiger partial charge in [0.25, 0.3) is 5.91 Å². The van der Waals surface area contributed by atoms with Crippen LogP contribution in [0.2, 0.25) is 0 Å². The number of nitrogens with one attached hydrogen (secondary N) is 1. The fourth-order valence-corrected chi connectivity index (χ4v) is 4.47. The van der Waals surface area contributed by atoms with Crippen LogP contribution in [0.1, 0.15) is 16.8 Å². The van der Waals surface area contributed by atoms with Gasteiger partial charge in [0.1, 0.15) is 0 Å². The molecule has 1 amide bonds. The molecule has 0 unspecified atom stereocenters. The highest BCUT2D eigenvalue weighted by molar-refractivity contribution is 7.93. The zero-order valence-electron chi connectivity index (χ0n) is 13.3. The molecule has 130 valence electrons. The SMILES string of the molecule is O=C(Nc1cccc(N2CCCS2(=O)=O)c1)c1ccc2c(c1)OCO2. The van der Waals surface area contributed by atoms with Crippen LogP contribution in [-0.2, 0) is 10.0 Å². The monoisotopic (exact) mass is 360 g/mol. The summed E-state index contributed by atoms with van der Waals surface area (Å²) in [6.45, 7) is 0.606. The van der Waals surface area contributed by atoms with E-state index in [0.717, 1.165) is 0 Å². The third-order valence-corrected chi connectivity index (χ3v) is 6.00. The maximum atomic E-state index is 12.4. The van der Waals surface area contributed by atoms with Crippen molar-refractivity contribution in [1.82, 2.24) is 0 Å². The quantitative estimate of drug-likeness (QED) is 0.907. The highest BCUT2D eigenvalue weighted by Crippen LogP contribution is 2.33. The molecule has 2 heterocycles. The molecule has 0 aromatic heterocycles. The Morgan fingerprint density at radius 2 is 1.92 bits per heavy atom. The number of nitrogens with zero attached hydrogens (tertiary/aromatic N) is 1. The van der Waals surface area contributed by atoms with E-state index in [0.29, 0.717) is 41.4 Å². The summed E-state index contributed by atoms with van der Waals surface area (Å²) in [5, 5.41) is 2.78. The highest BCUT2D eigenvalue weighted by atomic mass is 32.2. The lowest BCUT2D eigenvalue weighted by atomic mass is 10.2. The van der Waals surface area contributed by atoms with Crippen molar-refractivity contribution in [3.8, 4) is 11.5 Å². The van der Waals surface area contributed by atoms with E-state index in [9.17, 15) is 13.2 Å². The molecule has 0 aliphatic carbocycles. The van der Waals surface area contributed by atoms with Gasteiger partial charge in [-0.25, -0.2) is 8.42 Å². The summed E-state index contributed by atoms with van der Waals surface area (Å²) >= 11 is 0. The molecule has 0 atom stereocenters. The maximum absolute atomic E-state index is 12.4. The van der Waals surface area contributed by atoms with Crippen LogP contribution >= 0.6 is 0 Å². The number of hydrogen-bond acceptors (Lipinski definition) is 5. The summed E-state index contributed by atoms with van der Waals surface area (Å²) < 4.78 is 36.0. The number of fused-ring (bicyclic) bond motifs is 1. The highest BCUT2D eigenvalue weighted by Gasteiger charge is 2.28. The zero-order valence-corrected chi connectivity index (χ0v) is 14.1. The number of anilines is 2. The minimum atomic E-state index is -3.25. The largest absolute Gasteiger partial charge is 0.454 e. The summed E-state index contributed by atoms with van der Waals surface area (Å²) in [6, 6.07) is 11.8. The van der Waals surface area contributed by atoms with E-state index in [1.54, 1.807) is 42.5 Å². The lowest BCUT2D eigenvalue weighted by Gasteiger charge is -2.17. The number of hydrogen-bond donors (Lipinski definition) is 1. The Bertz CT molecular complexity index is 942. The number of benzene rings is 2. The normalized spacial score (nSPS) is 17.5. The lowest BCUT2D eigenvalue weighted by molar-refractivity contribution is 0.102. The van der Waals surface area contributed by atoms with Crippen LogP contribution in [0.3, 0.4) is 0 Å². The van der Waals surface area contributed by atoms with Crippen LogP contribution in [-0.4, -0.2) is 33.4 Å². The van der Waals surface area contributed by atoms with E-state index in [2.05, 4.69) is 5.32 Å². The smallest absolute Gasteiger partial charge is 0.255 e. The van der Waals surface area contributed by atoms with Crippen molar-refractivity contribution < 1.29 is 22.7 Å². The van der Waals surface area contributed by atoms with Gasteiger partial charge in [0, 0.05) is 17.8 Å². The molecule has 1 saturated heterocycles. The van der Waals surface area contributed by atoms with Gasteiger partial charge in [-0.15, -0.1) is 0 Å². The molecule has 0 saturated carbocycles. The van der Waals surface area contributed by atoms with Gasteiger partial charge in [0.2, 0.25) is 16.8 Å². The first-order valence-electron chi connectivity index (χ1n) is 7.84. The summed E-state index contributed by atoms with van der Waals surface area (Å²) in [7, 11) is -3.25. The Balaban J connectivity index is 1.55. The van der Waals surface area contributed by atoms with Crippen molar-refractivity contribution in [2.45, 2.75) is 6.42 Å². The van der Waals surface area contributed by atoms with Crippen molar-refractivity contribution in [2.75, 3.05) is 28.7 Å². The Hall–Kier alpha value is -2.74. The van der Waals surface area contributed by atoms with Gasteiger partial charge in [-0.2, -0.15) is 0 Å². The van der Waals surface area contributed by atoms with Crippen molar-refractivity contribution in [2.24, 2.45) is 0 Å². The average Bonchev–Trinajstić information content (AvgIpc) is 3.19. The Morgan fingerprint density at radius 3 is 2.72 bits per heavy atom. The average molecular weight is 360 g/mol. The molecule has 8 heteroatoms. The minimum Gasteiger partial charge on any atom is -0.454 e. The second-order valence-corrected chi connectivity index (χ2v) is 7.83. The number of ether oxygens (including phenoxy) is 2. The first kappa shape index (κ1) is 15.8. The van der Waals surface area contributed by atoms with E-state index in [-0.39, 0.29) is 18.5 Å². The van der Waals surface area contributed by atoms with Crippen molar-refractivity contribution >= 4 is 27.3 Å². The minimum absolute atomic E-state index is 0.146. The summed E-state index contributed by atoms with van der Waals surface area (Å²) in [4.78, 5) is 12.4. The van der Waals surface area contributed by atoms with Crippen molar-refractivity contribution in [3.63, 3.8) is 0 Å². The molecule has 1 N–H and O–H groups in total. The number of carbonyl (C=O) groups excluding carboxylic acids is 1. The van der Waals surface area contributed by atoms with Gasteiger partial charge in [0.15, 0.2) is 11.5 Å². The molecule has 4 rings (SSSR count). The molecule has 2 aliphatic heterocycles. The molecule has 2 aromatic rings. The standard InChI is InChI=1S/C17H16N2O5S/c20-17(12-5-6-15-16(9-12)24-11-23-15)18-13-3-1-4-14(10-13)19-7-2-8-25(19,21)22/h1,3-6,9-10H,2,7-8,11H2,(H,18,20). The Kier molecular flexibility index (Phi) is 3.76. The zero-order chi connectivity index (χ0) is 17.4. The second kappa shape index (κ2) is 5.96. The Labute approximate surface area is 145 Å². The number of sulfonamides is 1. The van der Waals surface area contributed by atoms with E-state index in [4.69, 9.17) is 9.47 Å². The Morgan fingerprint density at radius 1 is 1.08 bits per heavy atom. The van der Waals surface area contributed by atoms with Crippen LogP contribution in [0.4, 0.5) is 11.4 Å². The molecule has 7 nitrogen and oxygen atoms in total. The number of amides is 1. The third kappa shape index (κ3) is 3.00. The molecule has 25 heavy (non-hydrogen) atoms. The number of rotatable bonds is 3. The fourth-order valence-electron chi connectivity index (χ4n) is 2.91. The van der Waals surface area contributed by atoms with Gasteiger partial charge in [0.05, 0.1) is 11.4 Å². The second-order valence-electron chi connectivity index (χ2n) is 5.81. The van der Waals surface area contributed by atoms with E-state index < -0.39 is 10.0 Å². The molecule has 0 bridgehead atoms. The third-order valence-electron chi connectivity index (χ3n) is 4.13. The van der Waals surface area contributed by atoms with Gasteiger partial charge in [-0.05, 0) is 42.8 Å². The van der Waals surface area contributed by atoms with E-state index >= 15 is 0 Å². The van der Waals surface area contributed by atoms with Gasteiger partial charge < -0.3 is 14.8 Å². The summed E-state index contributed by atoms with van der Waals surface area (Å²) in [6.07, 6.45) is 0.607. The van der Waals surface area contributed by atoms with Crippen LogP contribution in [0.25, 0.3) is 0 Å². The van der Waals surface area contributed by atoms with E-state index in [1.807, 2.05) is 0 Å². The van der Waals surface area contributed by atoms with E-state index in [1.165, 1.54) is 4.31 Å². The number of carbonyl (C=O) groups is 1. The molecule has 0 spiro atoms. The topological polar surface area (TPSA) is 84.9 Å². The van der Waals surface area contributed by atoms with Crippen molar-refractivity contribution in [3.05, 3.63) is 48.0 Å². The summed E-state index contributed by atoms with van der Waals surface area (Å²) in [5.74, 6) is 0.989. The van der Waals surface area contributed by atoms with Gasteiger partial charge in [-0.3, -0.25) is 9.10 Å². The van der Waals surface area contributed by atoms with Crippen LogP contribution in [0.5, 0.6) is 11.5 Å². The van der Waals surface area contributed by atoms with Crippen molar-refractivity contribution in [1.29, 1.82) is 0 Å². The molecule has 1 fully saturated rings.